The second-order valence-corrected chi connectivity index (χ2v) is 4.22. The second kappa shape index (κ2) is 10.7. The molecule has 1 radical (unpaired) electrons. The molecule has 0 N–H and O–H groups in total. The summed E-state index contributed by atoms with van der Waals surface area (Å²) in [7, 11) is 0. The van der Waals surface area contributed by atoms with E-state index < -0.39 is 0 Å². The molecule has 0 aliphatic heterocycles. The molecule has 0 spiro atoms. The maximum atomic E-state index is 10.2. The lowest BCUT2D eigenvalue weighted by Gasteiger charge is -2.06. The molecule has 0 bridgehead atoms. The van der Waals surface area contributed by atoms with Crippen molar-refractivity contribution in [2.45, 2.75) is 65.2 Å². The molecule has 0 aromatic carbocycles. The molecule has 1 unspecified atom stereocenters. The van der Waals surface area contributed by atoms with Crippen molar-refractivity contribution in [1.29, 1.82) is 0 Å². The molecule has 1 atom stereocenters. The van der Waals surface area contributed by atoms with Crippen molar-refractivity contribution >= 4 is 6.29 Å². The van der Waals surface area contributed by atoms with Crippen LogP contribution in [0.5, 0.6) is 0 Å². The van der Waals surface area contributed by atoms with Crippen LogP contribution >= 0.6 is 0 Å². The first-order valence-electron chi connectivity index (χ1n) is 6.06. The number of hydrogen-bond acceptors (Lipinski definition) is 1. The van der Waals surface area contributed by atoms with E-state index in [0.717, 1.165) is 12.7 Å². The van der Waals surface area contributed by atoms with Crippen molar-refractivity contribution in [2.24, 2.45) is 5.92 Å². The Bertz CT molecular complexity index is 120. The quantitative estimate of drug-likeness (QED) is 0.379. The van der Waals surface area contributed by atoms with Crippen LogP contribution in [0.3, 0.4) is 0 Å². The van der Waals surface area contributed by atoms with Gasteiger partial charge in [0.05, 0.1) is 0 Å². The highest BCUT2D eigenvalue weighted by atomic mass is 16.1. The minimum absolute atomic E-state index is 0.569. The van der Waals surface area contributed by atoms with Crippen molar-refractivity contribution in [3.8, 4) is 0 Å². The highest BCUT2D eigenvalue weighted by Gasteiger charge is 2.00. The number of rotatable bonds is 10. The number of unbranched alkanes of at least 4 members (excludes halogenated alkanes) is 6. The summed E-state index contributed by atoms with van der Waals surface area (Å²) in [5.74, 6) is 0.569. The summed E-state index contributed by atoms with van der Waals surface area (Å²) in [4.78, 5) is 10.2. The maximum Gasteiger partial charge on any atom is 0.120 e. The van der Waals surface area contributed by atoms with Crippen LogP contribution in [0.25, 0.3) is 0 Å². The fourth-order valence-corrected chi connectivity index (χ4v) is 1.54. The summed E-state index contributed by atoms with van der Waals surface area (Å²) in [6.45, 7) is 4.39. The first-order valence-corrected chi connectivity index (χ1v) is 6.06. The van der Waals surface area contributed by atoms with E-state index in [4.69, 9.17) is 0 Å². The van der Waals surface area contributed by atoms with E-state index in [1.807, 2.05) is 0 Å². The van der Waals surface area contributed by atoms with Gasteiger partial charge >= 0.3 is 0 Å². The minimum Gasteiger partial charge on any atom is -0.303 e. The molecule has 1 nitrogen and oxygen atoms in total. The summed E-state index contributed by atoms with van der Waals surface area (Å²) in [5, 5.41) is 0. The Balaban J connectivity index is 3.01. The van der Waals surface area contributed by atoms with Crippen LogP contribution in [0.4, 0.5) is 0 Å². The van der Waals surface area contributed by atoms with Gasteiger partial charge in [-0.25, -0.2) is 0 Å². The fourth-order valence-electron chi connectivity index (χ4n) is 1.54. The van der Waals surface area contributed by atoms with Gasteiger partial charge in [0.1, 0.15) is 6.29 Å². The van der Waals surface area contributed by atoms with Gasteiger partial charge in [-0.15, -0.1) is 0 Å². The molecule has 0 fully saturated rings. The second-order valence-electron chi connectivity index (χ2n) is 4.22. The first kappa shape index (κ1) is 13.7. The predicted molar refractivity (Wildman–Crippen MR) is 62.1 cm³/mol. The van der Waals surface area contributed by atoms with Gasteiger partial charge in [0.15, 0.2) is 0 Å². The summed E-state index contributed by atoms with van der Waals surface area (Å²) >= 11 is 0. The molecule has 0 amide bonds. The fraction of sp³-hybridized carbons (Fsp3) is 0.846. The molecule has 0 saturated heterocycles. The highest BCUT2D eigenvalue weighted by Crippen LogP contribution is 2.13. The smallest absolute Gasteiger partial charge is 0.120 e. The first-order chi connectivity index (χ1) is 6.81. The van der Waals surface area contributed by atoms with Gasteiger partial charge < -0.3 is 4.79 Å². The van der Waals surface area contributed by atoms with Crippen LogP contribution in [-0.4, -0.2) is 6.29 Å². The van der Waals surface area contributed by atoms with Crippen LogP contribution in [0.1, 0.15) is 65.2 Å². The molecule has 0 aromatic heterocycles. The van der Waals surface area contributed by atoms with E-state index in [0.29, 0.717) is 5.92 Å². The minimum atomic E-state index is 0.569. The van der Waals surface area contributed by atoms with Gasteiger partial charge in [-0.3, -0.25) is 0 Å². The summed E-state index contributed by atoms with van der Waals surface area (Å²) in [6.07, 6.45) is 13.2. The third-order valence-electron chi connectivity index (χ3n) is 2.62. The molecule has 0 saturated carbocycles. The summed E-state index contributed by atoms with van der Waals surface area (Å²) < 4.78 is 0. The average Bonchev–Trinajstić information content (AvgIpc) is 2.17. The zero-order chi connectivity index (χ0) is 10.6. The largest absolute Gasteiger partial charge is 0.303 e. The van der Waals surface area contributed by atoms with Crippen LogP contribution in [0.2, 0.25) is 0 Å². The molecule has 0 aliphatic carbocycles. The molecule has 0 aromatic rings. The lowest BCUT2D eigenvalue weighted by molar-refractivity contribution is -0.108. The third kappa shape index (κ3) is 9.76. The molecule has 1 heteroatoms. The topological polar surface area (TPSA) is 17.1 Å². The Morgan fingerprint density at radius 2 is 1.93 bits per heavy atom. The molecular formula is C13H25O. The van der Waals surface area contributed by atoms with Crippen LogP contribution in [0, 0.1) is 12.3 Å². The zero-order valence-corrected chi connectivity index (χ0v) is 9.80. The summed E-state index contributed by atoms with van der Waals surface area (Å²) in [6, 6.07) is 0. The van der Waals surface area contributed by atoms with Gasteiger partial charge in [-0.05, 0) is 18.8 Å². The van der Waals surface area contributed by atoms with Crippen LogP contribution in [-0.2, 0) is 4.79 Å². The van der Waals surface area contributed by atoms with Crippen LogP contribution in [0.15, 0.2) is 0 Å². The van der Waals surface area contributed by atoms with E-state index >= 15 is 0 Å². The molecule has 83 valence electrons. The molecule has 0 heterocycles. The molecule has 0 aliphatic rings. The van der Waals surface area contributed by atoms with E-state index in [-0.39, 0.29) is 0 Å². The lowest BCUT2D eigenvalue weighted by Crippen LogP contribution is -1.95. The normalized spacial score (nSPS) is 12.7. The third-order valence-corrected chi connectivity index (χ3v) is 2.62. The molecular weight excluding hydrogens is 172 g/mol. The highest BCUT2D eigenvalue weighted by molar-refractivity contribution is 5.49. The Morgan fingerprint density at radius 3 is 2.57 bits per heavy atom. The van der Waals surface area contributed by atoms with E-state index in [2.05, 4.69) is 20.3 Å². The van der Waals surface area contributed by atoms with Crippen LogP contribution < -0.4 is 0 Å². The lowest BCUT2D eigenvalue weighted by atomic mass is 9.99. The number of carbonyl (C=O) groups is 1. The Kier molecular flexibility index (Phi) is 10.5. The van der Waals surface area contributed by atoms with Crippen molar-refractivity contribution in [2.75, 3.05) is 0 Å². The predicted octanol–water partition coefficient (Wildman–Crippen LogP) is 4.17. The van der Waals surface area contributed by atoms with Gasteiger partial charge in [0, 0.05) is 6.42 Å². The number of hydrogen-bond donors (Lipinski definition) is 0. The number of carbonyl (C=O) groups excluding carboxylic acids is 1. The van der Waals surface area contributed by atoms with Crippen molar-refractivity contribution < 1.29 is 4.79 Å². The Morgan fingerprint density at radius 1 is 1.14 bits per heavy atom. The molecule has 14 heavy (non-hydrogen) atoms. The van der Waals surface area contributed by atoms with Crippen molar-refractivity contribution in [3.05, 3.63) is 6.42 Å². The Hall–Kier alpha value is -0.330. The van der Waals surface area contributed by atoms with Gasteiger partial charge in [0.2, 0.25) is 0 Å². The maximum absolute atomic E-state index is 10.2. The van der Waals surface area contributed by atoms with Gasteiger partial charge in [-0.1, -0.05) is 52.4 Å². The zero-order valence-electron chi connectivity index (χ0n) is 9.80. The van der Waals surface area contributed by atoms with E-state index in [1.54, 1.807) is 0 Å². The van der Waals surface area contributed by atoms with Gasteiger partial charge in [-0.2, -0.15) is 0 Å². The Labute approximate surface area is 89.3 Å². The van der Waals surface area contributed by atoms with E-state index in [1.165, 1.54) is 44.9 Å². The standard InChI is InChI=1S/C13H25O/c1-3-4-5-6-7-8-9-10-13(2)11-12-14/h8,12-13H,3-7,9-11H2,1-2H3. The average molecular weight is 197 g/mol. The number of aldehydes is 1. The molecule has 0 rings (SSSR count). The van der Waals surface area contributed by atoms with Gasteiger partial charge in [0.25, 0.3) is 0 Å². The SMILES string of the molecule is CCCCCC[CH]CCC(C)CC=O. The monoisotopic (exact) mass is 197 g/mol. The van der Waals surface area contributed by atoms with Crippen molar-refractivity contribution in [3.63, 3.8) is 0 Å². The van der Waals surface area contributed by atoms with Crippen molar-refractivity contribution in [1.82, 2.24) is 0 Å². The van der Waals surface area contributed by atoms with E-state index in [9.17, 15) is 4.79 Å². The summed E-state index contributed by atoms with van der Waals surface area (Å²) in [5.41, 5.74) is 0.